The zero-order chi connectivity index (χ0) is 28.0. The number of aliphatic carboxylic acids is 2. The van der Waals surface area contributed by atoms with Crippen molar-refractivity contribution < 1.29 is 28.9 Å². The Labute approximate surface area is 233 Å². The Morgan fingerprint density at radius 3 is 2.41 bits per heavy atom. The molecule has 2 aliphatic rings. The van der Waals surface area contributed by atoms with Gasteiger partial charge in [0.05, 0.1) is 12.3 Å². The first-order chi connectivity index (χ1) is 18.8. The lowest BCUT2D eigenvalue weighted by Crippen LogP contribution is -2.45. The average molecular weight is 558 g/mol. The van der Waals surface area contributed by atoms with E-state index in [1.54, 1.807) is 0 Å². The van der Waals surface area contributed by atoms with E-state index in [-0.39, 0.29) is 5.82 Å². The quantitative estimate of drug-likeness (QED) is 0.317. The number of carboxylic acids is 2. The Morgan fingerprint density at radius 1 is 1.08 bits per heavy atom. The third-order valence-corrected chi connectivity index (χ3v) is 7.64. The van der Waals surface area contributed by atoms with Crippen LogP contribution in [0, 0.1) is 5.82 Å². The van der Waals surface area contributed by atoms with Crippen molar-refractivity contribution in [3.63, 3.8) is 0 Å². The molecule has 39 heavy (non-hydrogen) atoms. The number of hydrogen-bond acceptors (Lipinski definition) is 7. The second-order valence-corrected chi connectivity index (χ2v) is 10.3. The summed E-state index contributed by atoms with van der Waals surface area (Å²) < 4.78 is 18.7. The van der Waals surface area contributed by atoms with Gasteiger partial charge in [-0.25, -0.2) is 19.0 Å². The van der Waals surface area contributed by atoms with Crippen molar-refractivity contribution in [2.75, 3.05) is 39.9 Å². The smallest absolute Gasteiger partial charge is 0.328 e. The van der Waals surface area contributed by atoms with Gasteiger partial charge in [0.15, 0.2) is 5.17 Å². The lowest BCUT2D eigenvalue weighted by atomic mass is 10.0. The van der Waals surface area contributed by atoms with Crippen LogP contribution in [0.2, 0.25) is 0 Å². The van der Waals surface area contributed by atoms with Crippen molar-refractivity contribution in [1.29, 1.82) is 0 Å². The van der Waals surface area contributed by atoms with E-state index in [2.05, 4.69) is 41.1 Å². The molecular formula is C29H36FN3O5S. The van der Waals surface area contributed by atoms with Crippen LogP contribution >= 0.6 is 11.8 Å². The third-order valence-electron chi connectivity index (χ3n) is 6.55. The number of carbonyl (C=O) groups is 2. The molecule has 4 rings (SSSR count). The highest BCUT2D eigenvalue weighted by Gasteiger charge is 2.26. The summed E-state index contributed by atoms with van der Waals surface area (Å²) in [6.07, 6.45) is 5.38. The van der Waals surface area contributed by atoms with Crippen LogP contribution in [0.4, 0.5) is 10.1 Å². The molecule has 0 radical (unpaired) electrons. The summed E-state index contributed by atoms with van der Waals surface area (Å²) in [6.45, 7) is 4.85. The summed E-state index contributed by atoms with van der Waals surface area (Å²) in [5.74, 6) is -1.69. The van der Waals surface area contributed by atoms with Crippen LogP contribution in [0.5, 0.6) is 0 Å². The first-order valence-corrected chi connectivity index (χ1v) is 14.0. The van der Waals surface area contributed by atoms with Crippen LogP contribution in [0.1, 0.15) is 30.4 Å². The van der Waals surface area contributed by atoms with E-state index in [4.69, 9.17) is 19.9 Å². The molecule has 2 aliphatic heterocycles. The summed E-state index contributed by atoms with van der Waals surface area (Å²) in [7, 11) is 2.20. The van der Waals surface area contributed by atoms with Crippen LogP contribution in [0.3, 0.4) is 0 Å². The minimum atomic E-state index is -1.26. The highest BCUT2D eigenvalue weighted by atomic mass is 32.2. The van der Waals surface area contributed by atoms with Gasteiger partial charge in [0.2, 0.25) is 0 Å². The topological polar surface area (TPSA) is 103 Å². The molecule has 0 bridgehead atoms. The van der Waals surface area contributed by atoms with E-state index in [1.165, 1.54) is 30.5 Å². The van der Waals surface area contributed by atoms with E-state index in [1.807, 2.05) is 23.9 Å². The standard InChI is InChI=1S/C25H32FN3OS.C4H4O4/c1-28(25-27-24-6-3-2-5-21(24)19-31-25)23-11-15-29(16-12-23)14-4-17-30-18-13-20-7-9-22(26)10-8-20;5-3(6)1-2-4(7)8/h2-3,5-10,23H,4,11-19H2,1H3;1-2H,(H,5,6)(H,7,8). The lowest BCUT2D eigenvalue weighted by molar-refractivity contribution is -0.134. The highest BCUT2D eigenvalue weighted by molar-refractivity contribution is 8.13. The summed E-state index contributed by atoms with van der Waals surface area (Å²) in [4.78, 5) is 29.0. The molecule has 0 aromatic heterocycles. The molecule has 0 unspecified atom stereocenters. The maximum absolute atomic E-state index is 12.9. The molecule has 2 aromatic carbocycles. The molecule has 0 atom stereocenters. The van der Waals surface area contributed by atoms with Gasteiger partial charge in [0.1, 0.15) is 5.82 Å². The molecule has 210 valence electrons. The number of halogens is 1. The molecule has 0 saturated carbocycles. The van der Waals surface area contributed by atoms with Crippen molar-refractivity contribution in [3.05, 3.63) is 77.6 Å². The largest absolute Gasteiger partial charge is 0.478 e. The van der Waals surface area contributed by atoms with Gasteiger partial charge < -0.3 is 24.7 Å². The van der Waals surface area contributed by atoms with Crippen molar-refractivity contribution in [2.45, 2.75) is 37.5 Å². The molecular weight excluding hydrogens is 521 g/mol. The molecule has 2 heterocycles. The first kappa shape index (κ1) is 30.3. The lowest BCUT2D eigenvalue weighted by Gasteiger charge is -2.38. The van der Waals surface area contributed by atoms with Gasteiger partial charge in [0, 0.05) is 57.2 Å². The number of carboxylic acid groups (broad SMARTS) is 2. The van der Waals surface area contributed by atoms with E-state index < -0.39 is 11.9 Å². The second-order valence-electron chi connectivity index (χ2n) is 9.35. The third kappa shape index (κ3) is 10.8. The minimum Gasteiger partial charge on any atom is -0.478 e. The normalized spacial score (nSPS) is 15.7. The Hall–Kier alpha value is -3.21. The molecule has 0 aliphatic carbocycles. The number of aliphatic imine (C=N–C) groups is 1. The maximum atomic E-state index is 12.9. The number of fused-ring (bicyclic) bond motifs is 1. The number of para-hydroxylation sites is 1. The van der Waals surface area contributed by atoms with Gasteiger partial charge >= 0.3 is 11.9 Å². The van der Waals surface area contributed by atoms with Crippen LogP contribution in [0.15, 0.2) is 65.7 Å². The summed E-state index contributed by atoms with van der Waals surface area (Å²) in [6, 6.07) is 15.7. The van der Waals surface area contributed by atoms with Crippen LogP contribution < -0.4 is 0 Å². The van der Waals surface area contributed by atoms with Crippen LogP contribution in [-0.4, -0.2) is 83.1 Å². The fraction of sp³-hybridized carbons (Fsp3) is 0.414. The molecule has 10 heteroatoms. The molecule has 1 saturated heterocycles. The zero-order valence-corrected chi connectivity index (χ0v) is 23.0. The Morgan fingerprint density at radius 2 is 1.74 bits per heavy atom. The molecule has 2 aromatic rings. The summed E-state index contributed by atoms with van der Waals surface area (Å²) in [5.41, 5.74) is 3.58. The number of ether oxygens (including phenoxy) is 1. The maximum Gasteiger partial charge on any atom is 0.328 e. The Balaban J connectivity index is 0.000000459. The molecule has 0 amide bonds. The minimum absolute atomic E-state index is 0.185. The summed E-state index contributed by atoms with van der Waals surface area (Å²) in [5, 5.41) is 16.8. The number of thioether (sulfide) groups is 1. The van der Waals surface area contributed by atoms with Gasteiger partial charge in [-0.05, 0) is 55.0 Å². The van der Waals surface area contributed by atoms with Crippen molar-refractivity contribution in [3.8, 4) is 0 Å². The van der Waals surface area contributed by atoms with Crippen LogP contribution in [0.25, 0.3) is 0 Å². The van der Waals surface area contributed by atoms with Gasteiger partial charge in [0.25, 0.3) is 0 Å². The van der Waals surface area contributed by atoms with Crippen molar-refractivity contribution >= 4 is 34.6 Å². The zero-order valence-electron chi connectivity index (χ0n) is 22.2. The summed E-state index contributed by atoms with van der Waals surface area (Å²) >= 11 is 1.86. The predicted molar refractivity (Wildman–Crippen MR) is 152 cm³/mol. The Bertz CT molecular complexity index is 1120. The predicted octanol–water partition coefficient (Wildman–Crippen LogP) is 4.82. The fourth-order valence-electron chi connectivity index (χ4n) is 4.36. The SMILES string of the molecule is CN(C1=Nc2ccccc2CS1)C1CCN(CCCOCCc2ccc(F)cc2)CC1.O=C(O)C=CC(=O)O. The second kappa shape index (κ2) is 16.0. The van der Waals surface area contributed by atoms with E-state index >= 15 is 0 Å². The first-order valence-electron chi connectivity index (χ1n) is 13.0. The number of amidine groups is 1. The monoisotopic (exact) mass is 557 g/mol. The van der Waals surface area contributed by atoms with E-state index in [9.17, 15) is 14.0 Å². The average Bonchev–Trinajstić information content (AvgIpc) is 2.95. The fourth-order valence-corrected chi connectivity index (χ4v) is 5.41. The van der Waals surface area contributed by atoms with Crippen LogP contribution in [-0.2, 0) is 26.5 Å². The number of hydrogen-bond donors (Lipinski definition) is 2. The highest BCUT2D eigenvalue weighted by Crippen LogP contribution is 2.32. The molecule has 1 fully saturated rings. The van der Waals surface area contributed by atoms with Crippen molar-refractivity contribution in [1.82, 2.24) is 9.80 Å². The number of benzene rings is 2. The number of rotatable bonds is 10. The van der Waals surface area contributed by atoms with E-state index in [0.717, 1.165) is 61.3 Å². The number of piperidine rings is 1. The van der Waals surface area contributed by atoms with Gasteiger partial charge in [-0.3, -0.25) is 0 Å². The molecule has 2 N–H and O–H groups in total. The number of nitrogens with zero attached hydrogens (tertiary/aromatic N) is 3. The van der Waals surface area contributed by atoms with E-state index in [0.29, 0.717) is 24.8 Å². The van der Waals surface area contributed by atoms with Gasteiger partial charge in [-0.1, -0.05) is 42.1 Å². The van der Waals surface area contributed by atoms with Crippen molar-refractivity contribution in [2.24, 2.45) is 4.99 Å². The number of likely N-dealkylation sites (tertiary alicyclic amines) is 1. The van der Waals surface area contributed by atoms with Gasteiger partial charge in [-0.2, -0.15) is 0 Å². The Kier molecular flexibility index (Phi) is 12.5. The van der Waals surface area contributed by atoms with Gasteiger partial charge in [-0.15, -0.1) is 0 Å². The molecule has 0 spiro atoms. The molecule has 8 nitrogen and oxygen atoms in total.